The number of amides is 1. The third-order valence-electron chi connectivity index (χ3n) is 5.35. The molecule has 0 bridgehead atoms. The average Bonchev–Trinajstić information content (AvgIpc) is 3.12. The predicted octanol–water partition coefficient (Wildman–Crippen LogP) is 3.23. The van der Waals surface area contributed by atoms with Gasteiger partial charge in [-0.1, -0.05) is 29.8 Å². The summed E-state index contributed by atoms with van der Waals surface area (Å²) in [4.78, 5) is 18.6. The van der Waals surface area contributed by atoms with E-state index >= 15 is 0 Å². The SMILES string of the molecule is Cc1ccc2c(c1)SC(C(=O)N1CCN(Cc3ccc(C#N)cc3)CC1)C2. The van der Waals surface area contributed by atoms with E-state index in [1.807, 2.05) is 29.2 Å². The van der Waals surface area contributed by atoms with Crippen molar-refractivity contribution in [2.45, 2.75) is 30.0 Å². The van der Waals surface area contributed by atoms with Gasteiger partial charge < -0.3 is 4.90 Å². The molecule has 5 heteroatoms. The number of piperazine rings is 1. The molecule has 2 aliphatic rings. The third-order valence-corrected chi connectivity index (χ3v) is 6.63. The molecule has 2 aliphatic heterocycles. The van der Waals surface area contributed by atoms with Gasteiger partial charge in [0.2, 0.25) is 5.91 Å². The summed E-state index contributed by atoms with van der Waals surface area (Å²) in [5.74, 6) is 0.284. The molecule has 1 atom stereocenters. The van der Waals surface area contributed by atoms with Crippen LogP contribution in [0, 0.1) is 18.3 Å². The molecule has 1 unspecified atom stereocenters. The zero-order valence-corrected chi connectivity index (χ0v) is 16.3. The Morgan fingerprint density at radius 1 is 1.15 bits per heavy atom. The highest BCUT2D eigenvalue weighted by Gasteiger charge is 2.32. The molecule has 2 aromatic rings. The van der Waals surface area contributed by atoms with E-state index in [2.05, 4.69) is 36.1 Å². The summed E-state index contributed by atoms with van der Waals surface area (Å²) >= 11 is 1.73. The van der Waals surface area contributed by atoms with E-state index in [9.17, 15) is 4.79 Å². The van der Waals surface area contributed by atoms with Gasteiger partial charge in [0.05, 0.1) is 16.9 Å². The predicted molar refractivity (Wildman–Crippen MR) is 108 cm³/mol. The molecule has 0 aromatic heterocycles. The van der Waals surface area contributed by atoms with Gasteiger partial charge in [-0.15, -0.1) is 11.8 Å². The number of carbonyl (C=O) groups is 1. The summed E-state index contributed by atoms with van der Waals surface area (Å²) in [6, 6.07) is 16.4. The molecular formula is C22H23N3OS. The Hall–Kier alpha value is -2.29. The van der Waals surface area contributed by atoms with Crippen LogP contribution < -0.4 is 0 Å². The van der Waals surface area contributed by atoms with Crippen molar-refractivity contribution < 1.29 is 4.79 Å². The molecule has 1 saturated heterocycles. The number of hydrogen-bond acceptors (Lipinski definition) is 4. The first-order chi connectivity index (χ1) is 13.1. The fraction of sp³-hybridized carbons (Fsp3) is 0.364. The van der Waals surface area contributed by atoms with Crippen LogP contribution in [-0.2, 0) is 17.8 Å². The van der Waals surface area contributed by atoms with Gasteiger partial charge in [0, 0.05) is 37.6 Å². The molecule has 0 radical (unpaired) electrons. The number of aryl methyl sites for hydroxylation is 1. The highest BCUT2D eigenvalue weighted by molar-refractivity contribution is 8.01. The first kappa shape index (κ1) is 18.1. The third kappa shape index (κ3) is 4.02. The second kappa shape index (κ2) is 7.75. The Balaban J connectivity index is 1.30. The zero-order chi connectivity index (χ0) is 18.8. The number of nitrogens with zero attached hydrogens (tertiary/aromatic N) is 3. The van der Waals surface area contributed by atoms with Gasteiger partial charge in [0.15, 0.2) is 0 Å². The maximum absolute atomic E-state index is 12.9. The van der Waals surface area contributed by atoms with Gasteiger partial charge in [0.1, 0.15) is 0 Å². The van der Waals surface area contributed by atoms with Crippen LogP contribution in [0.15, 0.2) is 47.4 Å². The van der Waals surface area contributed by atoms with Gasteiger partial charge in [-0.25, -0.2) is 0 Å². The highest BCUT2D eigenvalue weighted by atomic mass is 32.2. The molecule has 2 aromatic carbocycles. The van der Waals surface area contributed by atoms with E-state index in [0.29, 0.717) is 5.56 Å². The fourth-order valence-electron chi connectivity index (χ4n) is 3.75. The molecule has 0 saturated carbocycles. The van der Waals surface area contributed by atoms with Crippen LogP contribution in [-0.4, -0.2) is 47.1 Å². The van der Waals surface area contributed by atoms with Crippen molar-refractivity contribution in [1.82, 2.24) is 9.80 Å². The second-order valence-corrected chi connectivity index (χ2v) is 8.58. The average molecular weight is 378 g/mol. The van der Waals surface area contributed by atoms with E-state index in [1.54, 1.807) is 11.8 Å². The highest BCUT2D eigenvalue weighted by Crippen LogP contribution is 2.38. The molecule has 1 amide bonds. The lowest BCUT2D eigenvalue weighted by molar-refractivity contribution is -0.132. The van der Waals surface area contributed by atoms with Crippen molar-refractivity contribution in [1.29, 1.82) is 5.26 Å². The van der Waals surface area contributed by atoms with Gasteiger partial charge in [0.25, 0.3) is 0 Å². The van der Waals surface area contributed by atoms with Crippen LogP contribution in [0.2, 0.25) is 0 Å². The van der Waals surface area contributed by atoms with Crippen LogP contribution in [0.4, 0.5) is 0 Å². The number of carbonyl (C=O) groups excluding carboxylic acids is 1. The zero-order valence-electron chi connectivity index (χ0n) is 15.5. The molecule has 2 heterocycles. The Bertz CT molecular complexity index is 879. The maximum atomic E-state index is 12.9. The van der Waals surface area contributed by atoms with E-state index < -0.39 is 0 Å². The summed E-state index contributed by atoms with van der Waals surface area (Å²) in [6.45, 7) is 6.35. The molecule has 4 nitrogen and oxygen atoms in total. The Morgan fingerprint density at radius 2 is 1.89 bits per heavy atom. The Morgan fingerprint density at radius 3 is 2.59 bits per heavy atom. The lowest BCUT2D eigenvalue weighted by Crippen LogP contribution is -2.50. The topological polar surface area (TPSA) is 47.3 Å². The van der Waals surface area contributed by atoms with Crippen LogP contribution >= 0.6 is 11.8 Å². The number of thioether (sulfide) groups is 1. The maximum Gasteiger partial charge on any atom is 0.236 e. The van der Waals surface area contributed by atoms with Crippen molar-refractivity contribution in [3.8, 4) is 6.07 Å². The van der Waals surface area contributed by atoms with Gasteiger partial charge in [-0.2, -0.15) is 5.26 Å². The molecule has 0 aliphatic carbocycles. The minimum Gasteiger partial charge on any atom is -0.339 e. The minimum atomic E-state index is 0.0341. The van der Waals surface area contributed by atoms with Crippen molar-refractivity contribution >= 4 is 17.7 Å². The van der Waals surface area contributed by atoms with Crippen LogP contribution in [0.5, 0.6) is 0 Å². The number of rotatable bonds is 3. The second-order valence-electron chi connectivity index (χ2n) is 7.33. The summed E-state index contributed by atoms with van der Waals surface area (Å²) in [7, 11) is 0. The van der Waals surface area contributed by atoms with Gasteiger partial charge >= 0.3 is 0 Å². The molecule has 1 fully saturated rings. The van der Waals surface area contributed by atoms with Crippen LogP contribution in [0.1, 0.15) is 22.3 Å². The molecule has 27 heavy (non-hydrogen) atoms. The number of nitriles is 1. The Labute approximate surface area is 164 Å². The number of fused-ring (bicyclic) bond motifs is 1. The first-order valence-electron chi connectivity index (χ1n) is 9.39. The summed E-state index contributed by atoms with van der Waals surface area (Å²) in [5.41, 5.74) is 4.47. The largest absolute Gasteiger partial charge is 0.339 e. The van der Waals surface area contributed by atoms with Crippen molar-refractivity contribution in [3.63, 3.8) is 0 Å². The Kier molecular flexibility index (Phi) is 5.20. The van der Waals surface area contributed by atoms with Crippen molar-refractivity contribution in [2.75, 3.05) is 26.2 Å². The van der Waals surface area contributed by atoms with Gasteiger partial charge in [-0.3, -0.25) is 9.69 Å². The number of benzene rings is 2. The lowest BCUT2D eigenvalue weighted by atomic mass is 10.1. The summed E-state index contributed by atoms with van der Waals surface area (Å²) in [5, 5.41) is 8.93. The van der Waals surface area contributed by atoms with Crippen molar-refractivity contribution in [2.24, 2.45) is 0 Å². The summed E-state index contributed by atoms with van der Waals surface area (Å²) < 4.78 is 0. The van der Waals surface area contributed by atoms with Crippen molar-refractivity contribution in [3.05, 3.63) is 64.7 Å². The fourth-order valence-corrected chi connectivity index (χ4v) is 5.12. The quantitative estimate of drug-likeness (QED) is 0.824. The molecule has 4 rings (SSSR count). The van der Waals surface area contributed by atoms with E-state index in [1.165, 1.54) is 21.6 Å². The normalized spacial score (nSPS) is 19.6. The first-order valence-corrected chi connectivity index (χ1v) is 10.3. The van der Waals surface area contributed by atoms with E-state index in [4.69, 9.17) is 5.26 Å². The summed E-state index contributed by atoms with van der Waals surface area (Å²) in [6.07, 6.45) is 0.852. The molecule has 138 valence electrons. The van der Waals surface area contributed by atoms with Crippen LogP contribution in [0.25, 0.3) is 0 Å². The van der Waals surface area contributed by atoms with E-state index in [-0.39, 0.29) is 11.2 Å². The molecule has 0 spiro atoms. The standard InChI is InChI=1S/C22H23N3OS/c1-16-2-7-19-13-21(27-20(19)12-16)22(26)25-10-8-24(9-11-25)15-18-5-3-17(14-23)4-6-18/h2-7,12,21H,8-11,13,15H2,1H3. The monoisotopic (exact) mass is 377 g/mol. The van der Waals surface area contributed by atoms with Gasteiger partial charge in [-0.05, 0) is 42.7 Å². The minimum absolute atomic E-state index is 0.0341. The lowest BCUT2D eigenvalue weighted by Gasteiger charge is -2.35. The molecular weight excluding hydrogens is 354 g/mol. The van der Waals surface area contributed by atoms with Crippen LogP contribution in [0.3, 0.4) is 0 Å². The smallest absolute Gasteiger partial charge is 0.236 e. The molecule has 0 N–H and O–H groups in total. The van der Waals surface area contributed by atoms with E-state index in [0.717, 1.165) is 39.1 Å². The number of hydrogen-bond donors (Lipinski definition) is 0.